The van der Waals surface area contributed by atoms with Crippen LogP contribution in [0.15, 0.2) is 12.5 Å². The van der Waals surface area contributed by atoms with E-state index in [9.17, 15) is 4.79 Å². The van der Waals surface area contributed by atoms with E-state index in [1.165, 1.54) is 57.9 Å². The number of likely N-dealkylation sites (tertiary alicyclic amines) is 1. The Bertz CT molecular complexity index is 761. The van der Waals surface area contributed by atoms with Crippen molar-refractivity contribution in [3.63, 3.8) is 0 Å². The van der Waals surface area contributed by atoms with Gasteiger partial charge in [0.1, 0.15) is 12.1 Å². The van der Waals surface area contributed by atoms with Gasteiger partial charge in [0, 0.05) is 12.6 Å². The highest BCUT2D eigenvalue weighted by Crippen LogP contribution is 2.20. The summed E-state index contributed by atoms with van der Waals surface area (Å²) in [5, 5.41) is 11.2. The van der Waals surface area contributed by atoms with Crippen molar-refractivity contribution in [2.75, 3.05) is 25.0 Å². The van der Waals surface area contributed by atoms with E-state index in [1.54, 1.807) is 6.20 Å². The Morgan fingerprint density at radius 1 is 1.04 bits per heavy atom. The molecule has 0 radical (unpaired) electrons. The Morgan fingerprint density at radius 2 is 1.81 bits per heavy atom. The molecule has 2 aromatic rings. The molecule has 2 amide bonds. The minimum Gasteiger partial charge on any atom is -0.335 e. The fraction of sp³-hybridized carbons (Fsp3) is 0.684. The van der Waals surface area contributed by atoms with Crippen LogP contribution in [0.2, 0.25) is 0 Å². The summed E-state index contributed by atoms with van der Waals surface area (Å²) in [5.74, 6) is 0.525. The largest absolute Gasteiger partial charge is 0.335 e. The Balaban J connectivity index is 1.40. The SMILES string of the molecule is O=C(Nc1ncnc2c1cnn2CCN1CCCCCC1)NC1CCCC1. The van der Waals surface area contributed by atoms with E-state index < -0.39 is 0 Å². The molecule has 1 aliphatic heterocycles. The number of nitrogens with one attached hydrogen (secondary N) is 2. The van der Waals surface area contributed by atoms with Crippen molar-refractivity contribution in [1.29, 1.82) is 0 Å². The molecule has 1 aliphatic carbocycles. The quantitative estimate of drug-likeness (QED) is 0.844. The number of anilines is 1. The predicted octanol–water partition coefficient (Wildman–Crippen LogP) is 2.77. The van der Waals surface area contributed by atoms with Crippen LogP contribution >= 0.6 is 0 Å². The molecule has 0 unspecified atom stereocenters. The molecular formula is C19H29N7O. The van der Waals surface area contributed by atoms with E-state index in [-0.39, 0.29) is 12.1 Å². The first-order valence-corrected chi connectivity index (χ1v) is 10.3. The highest BCUT2D eigenvalue weighted by Gasteiger charge is 2.18. The third-order valence-corrected chi connectivity index (χ3v) is 5.68. The molecule has 8 heteroatoms. The molecular weight excluding hydrogens is 342 g/mol. The van der Waals surface area contributed by atoms with Crippen LogP contribution < -0.4 is 10.6 Å². The van der Waals surface area contributed by atoms with E-state index >= 15 is 0 Å². The summed E-state index contributed by atoms with van der Waals surface area (Å²) in [6, 6.07) is 0.0814. The topological polar surface area (TPSA) is 88.0 Å². The number of rotatable bonds is 5. The number of hydrogen-bond acceptors (Lipinski definition) is 5. The Hall–Kier alpha value is -2.22. The van der Waals surface area contributed by atoms with Crippen molar-refractivity contribution in [2.45, 2.75) is 64.0 Å². The first-order valence-electron chi connectivity index (χ1n) is 10.3. The number of urea groups is 1. The van der Waals surface area contributed by atoms with Gasteiger partial charge in [-0.05, 0) is 38.8 Å². The van der Waals surface area contributed by atoms with E-state index in [4.69, 9.17) is 0 Å². The monoisotopic (exact) mass is 371 g/mol. The molecule has 1 saturated carbocycles. The first kappa shape index (κ1) is 18.2. The van der Waals surface area contributed by atoms with Crippen molar-refractivity contribution in [3.05, 3.63) is 12.5 Å². The zero-order valence-electron chi connectivity index (χ0n) is 15.9. The van der Waals surface area contributed by atoms with E-state index in [2.05, 4.69) is 30.6 Å². The molecule has 2 N–H and O–H groups in total. The van der Waals surface area contributed by atoms with Crippen LogP contribution in [0.25, 0.3) is 11.0 Å². The smallest absolute Gasteiger partial charge is 0.320 e. The van der Waals surface area contributed by atoms with E-state index in [0.29, 0.717) is 5.82 Å². The van der Waals surface area contributed by atoms with Gasteiger partial charge < -0.3 is 10.2 Å². The number of nitrogens with zero attached hydrogens (tertiary/aromatic N) is 5. The van der Waals surface area contributed by atoms with Crippen molar-refractivity contribution in [1.82, 2.24) is 30.0 Å². The lowest BCUT2D eigenvalue weighted by atomic mass is 10.2. The number of aromatic nitrogens is 4. The number of amides is 2. The standard InChI is InChI=1S/C19H29N7O/c27-19(23-15-7-3-4-8-15)24-17-16-13-22-26(18(16)21-14-20-17)12-11-25-9-5-1-2-6-10-25/h13-15H,1-12H2,(H2,20,21,23,24,27). The lowest BCUT2D eigenvalue weighted by molar-refractivity contribution is 0.248. The highest BCUT2D eigenvalue weighted by molar-refractivity contribution is 5.97. The fourth-order valence-electron chi connectivity index (χ4n) is 4.15. The van der Waals surface area contributed by atoms with E-state index in [0.717, 1.165) is 37.0 Å². The molecule has 0 spiro atoms. The molecule has 0 aromatic carbocycles. The van der Waals surface area contributed by atoms with Gasteiger partial charge in [0.05, 0.1) is 18.1 Å². The number of carbonyl (C=O) groups excluding carboxylic acids is 1. The van der Waals surface area contributed by atoms with Gasteiger partial charge in [0.2, 0.25) is 0 Å². The van der Waals surface area contributed by atoms with Gasteiger partial charge in [-0.25, -0.2) is 19.4 Å². The average Bonchev–Trinajstić information content (AvgIpc) is 3.24. The van der Waals surface area contributed by atoms with Crippen LogP contribution in [-0.4, -0.2) is 56.4 Å². The van der Waals surface area contributed by atoms with Gasteiger partial charge in [-0.1, -0.05) is 25.7 Å². The summed E-state index contributed by atoms with van der Waals surface area (Å²) in [4.78, 5) is 23.4. The number of fused-ring (bicyclic) bond motifs is 1. The maximum Gasteiger partial charge on any atom is 0.320 e. The normalized spacial score (nSPS) is 19.3. The summed E-state index contributed by atoms with van der Waals surface area (Å²) in [6.45, 7) is 4.12. The molecule has 2 fully saturated rings. The minimum atomic E-state index is -0.195. The molecule has 2 aliphatic rings. The summed E-state index contributed by atoms with van der Waals surface area (Å²) < 4.78 is 1.92. The zero-order valence-corrected chi connectivity index (χ0v) is 15.9. The molecule has 146 valence electrons. The Morgan fingerprint density at radius 3 is 2.59 bits per heavy atom. The molecule has 27 heavy (non-hydrogen) atoms. The summed E-state index contributed by atoms with van der Waals surface area (Å²) in [6.07, 6.45) is 13.0. The molecule has 1 saturated heterocycles. The van der Waals surface area contributed by atoms with Gasteiger partial charge in [0.25, 0.3) is 0 Å². The second kappa shape index (κ2) is 8.65. The van der Waals surface area contributed by atoms with Gasteiger partial charge in [-0.15, -0.1) is 0 Å². The van der Waals surface area contributed by atoms with Gasteiger partial charge in [0.15, 0.2) is 5.65 Å². The minimum absolute atomic E-state index is 0.195. The molecule has 8 nitrogen and oxygen atoms in total. The molecule has 4 rings (SSSR count). The Kier molecular flexibility index (Phi) is 5.81. The van der Waals surface area contributed by atoms with Crippen molar-refractivity contribution in [3.8, 4) is 0 Å². The number of hydrogen-bond donors (Lipinski definition) is 2. The van der Waals surface area contributed by atoms with Crippen LogP contribution in [0.1, 0.15) is 51.4 Å². The third kappa shape index (κ3) is 4.55. The number of carbonyl (C=O) groups is 1. The van der Waals surface area contributed by atoms with Crippen LogP contribution in [-0.2, 0) is 6.54 Å². The second-order valence-corrected chi connectivity index (χ2v) is 7.66. The van der Waals surface area contributed by atoms with Crippen molar-refractivity contribution in [2.24, 2.45) is 0 Å². The van der Waals surface area contributed by atoms with Crippen LogP contribution in [0.4, 0.5) is 10.6 Å². The van der Waals surface area contributed by atoms with Crippen LogP contribution in [0.3, 0.4) is 0 Å². The average molecular weight is 371 g/mol. The van der Waals surface area contributed by atoms with Crippen molar-refractivity contribution >= 4 is 22.9 Å². The molecule has 3 heterocycles. The zero-order chi connectivity index (χ0) is 18.5. The maximum absolute atomic E-state index is 12.3. The Labute approximate surface area is 159 Å². The lowest BCUT2D eigenvalue weighted by Gasteiger charge is -2.19. The third-order valence-electron chi connectivity index (χ3n) is 5.68. The highest BCUT2D eigenvalue weighted by atomic mass is 16.2. The fourth-order valence-corrected chi connectivity index (χ4v) is 4.15. The van der Waals surface area contributed by atoms with Crippen LogP contribution in [0.5, 0.6) is 0 Å². The molecule has 2 aromatic heterocycles. The summed E-state index contributed by atoms with van der Waals surface area (Å²) >= 11 is 0. The molecule has 0 atom stereocenters. The lowest BCUT2D eigenvalue weighted by Crippen LogP contribution is -2.36. The van der Waals surface area contributed by atoms with E-state index in [1.807, 2.05) is 4.68 Å². The maximum atomic E-state index is 12.3. The van der Waals surface area contributed by atoms with Gasteiger partial charge in [-0.2, -0.15) is 5.10 Å². The van der Waals surface area contributed by atoms with Crippen molar-refractivity contribution < 1.29 is 4.79 Å². The van der Waals surface area contributed by atoms with Crippen LogP contribution in [0, 0.1) is 0 Å². The van der Waals surface area contributed by atoms with Gasteiger partial charge >= 0.3 is 6.03 Å². The predicted molar refractivity (Wildman–Crippen MR) is 105 cm³/mol. The summed E-state index contributed by atoms with van der Waals surface area (Å²) in [5.41, 5.74) is 0.774. The molecule has 0 bridgehead atoms. The van der Waals surface area contributed by atoms with Gasteiger partial charge in [-0.3, -0.25) is 5.32 Å². The first-order chi connectivity index (χ1) is 13.3. The summed E-state index contributed by atoms with van der Waals surface area (Å²) in [7, 11) is 0. The second-order valence-electron chi connectivity index (χ2n) is 7.66.